The predicted octanol–water partition coefficient (Wildman–Crippen LogP) is 7.15. The van der Waals surface area contributed by atoms with Gasteiger partial charge in [-0.3, -0.25) is 14.4 Å². The summed E-state index contributed by atoms with van der Waals surface area (Å²) in [6.45, 7) is 0. The van der Waals surface area contributed by atoms with Crippen molar-refractivity contribution in [1.82, 2.24) is 5.32 Å². The molecule has 0 aromatic heterocycles. The first kappa shape index (κ1) is 31.5. The normalized spacial score (nSPS) is 10.9. The summed E-state index contributed by atoms with van der Waals surface area (Å²) in [4.78, 5) is 39.5. The molecular weight excluding hydrogens is 609 g/mol. The number of amides is 3. The van der Waals surface area contributed by atoms with Crippen molar-refractivity contribution >= 4 is 70.1 Å². The van der Waals surface area contributed by atoms with Crippen LogP contribution in [0.2, 0.25) is 10.0 Å². The summed E-state index contributed by atoms with van der Waals surface area (Å²) in [6.07, 6.45) is 1.52. The fraction of sp³-hybridized carbons (Fsp3) is 0.0938. The van der Waals surface area contributed by atoms with E-state index in [1.807, 2.05) is 0 Å². The van der Waals surface area contributed by atoms with Crippen LogP contribution in [0.5, 0.6) is 11.5 Å². The average molecular weight is 637 g/mol. The minimum Gasteiger partial charge on any atom is -0.495 e. The van der Waals surface area contributed by atoms with Gasteiger partial charge in [-0.05, 0) is 60.2 Å². The zero-order valence-electron chi connectivity index (χ0n) is 23.2. The number of carbonyl (C=O) groups excluding carboxylic acids is 3. The average Bonchev–Trinajstić information content (AvgIpc) is 3.02. The summed E-state index contributed by atoms with van der Waals surface area (Å²) < 4.78 is 10.5. The molecule has 43 heavy (non-hydrogen) atoms. The van der Waals surface area contributed by atoms with Crippen LogP contribution in [0.15, 0.2) is 102 Å². The first-order valence-electron chi connectivity index (χ1n) is 12.9. The van der Waals surface area contributed by atoms with E-state index in [-0.39, 0.29) is 17.4 Å². The molecular formula is C32H27Cl2N3O5S. The van der Waals surface area contributed by atoms with Crippen molar-refractivity contribution in [2.45, 2.75) is 4.90 Å². The number of thioether (sulfide) groups is 1. The lowest BCUT2D eigenvalue weighted by atomic mass is 10.1. The number of nitrogens with one attached hydrogen (secondary N) is 3. The highest BCUT2D eigenvalue weighted by Gasteiger charge is 2.16. The first-order chi connectivity index (χ1) is 20.8. The minimum absolute atomic E-state index is 0.0196. The van der Waals surface area contributed by atoms with Gasteiger partial charge in [-0.1, -0.05) is 59.6 Å². The van der Waals surface area contributed by atoms with Gasteiger partial charge in [0.25, 0.3) is 11.8 Å². The van der Waals surface area contributed by atoms with E-state index < -0.39 is 11.8 Å². The lowest BCUT2D eigenvalue weighted by Gasteiger charge is -2.13. The Morgan fingerprint density at radius 2 is 1.47 bits per heavy atom. The molecule has 3 amide bonds. The third-order valence-electron chi connectivity index (χ3n) is 5.96. The molecule has 0 radical (unpaired) electrons. The Hall–Kier alpha value is -4.44. The minimum atomic E-state index is -0.531. The van der Waals surface area contributed by atoms with E-state index in [1.165, 1.54) is 32.1 Å². The van der Waals surface area contributed by atoms with Crippen LogP contribution >= 0.6 is 35.0 Å². The van der Waals surface area contributed by atoms with E-state index in [1.54, 1.807) is 91.0 Å². The molecule has 0 aliphatic heterocycles. The van der Waals surface area contributed by atoms with Crippen LogP contribution in [0, 0.1) is 0 Å². The molecule has 0 saturated heterocycles. The molecule has 0 unspecified atom stereocenters. The molecule has 4 rings (SSSR count). The molecule has 0 atom stereocenters. The maximum atomic E-state index is 13.3. The number of carbonyl (C=O) groups is 3. The van der Waals surface area contributed by atoms with Crippen LogP contribution in [0.4, 0.5) is 11.4 Å². The van der Waals surface area contributed by atoms with Crippen LogP contribution < -0.4 is 25.4 Å². The Labute approximate surface area is 263 Å². The maximum absolute atomic E-state index is 13.3. The molecule has 0 bridgehead atoms. The van der Waals surface area contributed by atoms with Crippen LogP contribution in [-0.2, 0) is 9.59 Å². The quantitative estimate of drug-likeness (QED) is 0.119. The smallest absolute Gasteiger partial charge is 0.272 e. The van der Waals surface area contributed by atoms with Crippen LogP contribution in [0.25, 0.3) is 6.08 Å². The van der Waals surface area contributed by atoms with Crippen molar-refractivity contribution in [3.63, 3.8) is 0 Å². The van der Waals surface area contributed by atoms with Gasteiger partial charge >= 0.3 is 0 Å². The molecule has 3 N–H and O–H groups in total. The molecule has 0 spiro atoms. The molecule has 8 nitrogen and oxygen atoms in total. The van der Waals surface area contributed by atoms with E-state index in [0.29, 0.717) is 44.0 Å². The van der Waals surface area contributed by atoms with Crippen molar-refractivity contribution in [3.05, 3.63) is 118 Å². The van der Waals surface area contributed by atoms with Gasteiger partial charge in [-0.25, -0.2) is 0 Å². The lowest BCUT2D eigenvalue weighted by Crippen LogP contribution is -2.30. The fourth-order valence-corrected chi connectivity index (χ4v) is 4.95. The van der Waals surface area contributed by atoms with Gasteiger partial charge in [0.1, 0.15) is 17.2 Å². The molecule has 0 aliphatic carbocycles. The zero-order chi connectivity index (χ0) is 30.8. The number of anilines is 2. The number of halogens is 2. The van der Waals surface area contributed by atoms with Gasteiger partial charge in [-0.2, -0.15) is 0 Å². The predicted molar refractivity (Wildman–Crippen MR) is 172 cm³/mol. The first-order valence-corrected chi connectivity index (χ1v) is 14.6. The van der Waals surface area contributed by atoms with Crippen molar-refractivity contribution in [2.75, 3.05) is 30.6 Å². The molecule has 11 heteroatoms. The third kappa shape index (κ3) is 8.78. The highest BCUT2D eigenvalue weighted by molar-refractivity contribution is 8.00. The molecule has 4 aromatic rings. The van der Waals surface area contributed by atoms with E-state index in [2.05, 4.69) is 16.0 Å². The largest absolute Gasteiger partial charge is 0.495 e. The second-order valence-corrected chi connectivity index (χ2v) is 10.8. The van der Waals surface area contributed by atoms with E-state index in [9.17, 15) is 14.4 Å². The fourth-order valence-electron chi connectivity index (χ4n) is 3.82. The zero-order valence-corrected chi connectivity index (χ0v) is 25.5. The molecule has 4 aromatic carbocycles. The summed E-state index contributed by atoms with van der Waals surface area (Å²) >= 11 is 13.8. The second-order valence-electron chi connectivity index (χ2n) is 8.90. The molecule has 0 saturated carbocycles. The number of hydrogen-bond acceptors (Lipinski definition) is 6. The summed E-state index contributed by atoms with van der Waals surface area (Å²) in [5, 5.41) is 9.06. The van der Waals surface area contributed by atoms with Crippen LogP contribution in [0.3, 0.4) is 0 Å². The van der Waals surface area contributed by atoms with E-state index >= 15 is 0 Å². The van der Waals surface area contributed by atoms with Crippen molar-refractivity contribution in [3.8, 4) is 11.5 Å². The number of methoxy groups -OCH3 is 2. The van der Waals surface area contributed by atoms with Crippen molar-refractivity contribution in [2.24, 2.45) is 0 Å². The number of benzene rings is 4. The third-order valence-corrected chi connectivity index (χ3v) is 7.62. The van der Waals surface area contributed by atoms with Gasteiger partial charge in [-0.15, -0.1) is 11.8 Å². The summed E-state index contributed by atoms with van der Waals surface area (Å²) in [7, 11) is 2.98. The van der Waals surface area contributed by atoms with Crippen molar-refractivity contribution < 1.29 is 23.9 Å². The Morgan fingerprint density at radius 3 is 2.14 bits per heavy atom. The molecule has 0 heterocycles. The molecule has 0 fully saturated rings. The van der Waals surface area contributed by atoms with Crippen molar-refractivity contribution in [1.29, 1.82) is 0 Å². The van der Waals surface area contributed by atoms with Crippen LogP contribution in [0.1, 0.15) is 15.9 Å². The van der Waals surface area contributed by atoms with E-state index in [0.717, 1.165) is 4.90 Å². The summed E-state index contributed by atoms with van der Waals surface area (Å²) in [5.74, 6) is -0.254. The number of rotatable bonds is 11. The highest BCUT2D eigenvalue weighted by atomic mass is 35.5. The summed E-state index contributed by atoms with van der Waals surface area (Å²) in [6, 6.07) is 25.7. The topological polar surface area (TPSA) is 106 Å². The number of ether oxygens (including phenoxy) is 2. The second kappa shape index (κ2) is 15.2. The SMILES string of the molecule is COc1cc(OC)c(NC(=O)CSc2ccc(NC(=O)/C(=C/c3ccccc3Cl)NC(=O)c3ccccc3)cc2)cc1Cl. The van der Waals surface area contributed by atoms with Gasteiger partial charge in [0.2, 0.25) is 5.91 Å². The molecule has 0 aliphatic rings. The monoisotopic (exact) mass is 635 g/mol. The Balaban J connectivity index is 1.40. The maximum Gasteiger partial charge on any atom is 0.272 e. The standard InChI is InChI=1S/C32H27Cl2N3O5S/c1-41-28-18-29(42-2)26(17-25(28)34)36-30(38)19-43-23-14-12-22(13-15-23)35-32(40)27(16-21-10-6-7-11-24(21)33)37-31(39)20-8-4-3-5-9-20/h3-18H,19H2,1-2H3,(H,35,40)(H,36,38)(H,37,39)/b27-16-. The molecule has 220 valence electrons. The van der Waals surface area contributed by atoms with Gasteiger partial charge in [0.05, 0.1) is 30.7 Å². The van der Waals surface area contributed by atoms with Gasteiger partial charge in [0.15, 0.2) is 0 Å². The van der Waals surface area contributed by atoms with Gasteiger partial charge in [0, 0.05) is 27.2 Å². The number of hydrogen-bond donors (Lipinski definition) is 3. The lowest BCUT2D eigenvalue weighted by molar-refractivity contribution is -0.114. The van der Waals surface area contributed by atoms with Crippen LogP contribution in [-0.4, -0.2) is 37.7 Å². The highest BCUT2D eigenvalue weighted by Crippen LogP contribution is 2.36. The Morgan fingerprint density at radius 1 is 0.791 bits per heavy atom. The van der Waals surface area contributed by atoms with E-state index in [4.69, 9.17) is 32.7 Å². The Bertz CT molecular complexity index is 1650. The summed E-state index contributed by atoms with van der Waals surface area (Å²) in [5.41, 5.74) is 1.92. The Kier molecular flexibility index (Phi) is 11.1. The van der Waals surface area contributed by atoms with Gasteiger partial charge < -0.3 is 25.4 Å².